The molecule has 21 heavy (non-hydrogen) atoms. The molecule has 1 aliphatic rings. The predicted molar refractivity (Wildman–Crippen MR) is 81.5 cm³/mol. The second kappa shape index (κ2) is 5.73. The summed E-state index contributed by atoms with van der Waals surface area (Å²) in [5.74, 6) is 0.722. The van der Waals surface area contributed by atoms with Crippen molar-refractivity contribution in [3.05, 3.63) is 58.0 Å². The summed E-state index contributed by atoms with van der Waals surface area (Å²) in [6.45, 7) is 0. The quantitative estimate of drug-likeness (QED) is 0.918. The molecular weight excluding hydrogens is 286 g/mol. The number of aryl methyl sites for hydroxylation is 1. The van der Waals surface area contributed by atoms with Crippen LogP contribution in [-0.4, -0.2) is 21.4 Å². The average molecular weight is 301 g/mol. The molecule has 0 bridgehead atoms. The van der Waals surface area contributed by atoms with Gasteiger partial charge in [-0.2, -0.15) is 5.10 Å². The van der Waals surface area contributed by atoms with Gasteiger partial charge in [-0.1, -0.05) is 18.2 Å². The van der Waals surface area contributed by atoms with Crippen molar-refractivity contribution < 1.29 is 4.79 Å². The third-order valence-electron chi connectivity index (χ3n) is 3.46. The van der Waals surface area contributed by atoms with E-state index in [9.17, 15) is 9.59 Å². The smallest absolute Gasteiger partial charge is 0.272 e. The molecule has 2 heterocycles. The molecular formula is C15H15N3O2S. The molecule has 0 aliphatic carbocycles. The number of thioether (sulfide) groups is 1. The van der Waals surface area contributed by atoms with Crippen LogP contribution in [0.2, 0.25) is 0 Å². The summed E-state index contributed by atoms with van der Waals surface area (Å²) < 4.78 is 1.17. The van der Waals surface area contributed by atoms with Crippen LogP contribution in [-0.2, 0) is 7.05 Å². The third kappa shape index (κ3) is 2.85. The van der Waals surface area contributed by atoms with Gasteiger partial charge in [-0.15, -0.1) is 11.8 Å². The summed E-state index contributed by atoms with van der Waals surface area (Å²) in [4.78, 5) is 24.8. The minimum absolute atomic E-state index is 0.00557. The second-order valence-electron chi connectivity index (χ2n) is 4.88. The topological polar surface area (TPSA) is 64.0 Å². The van der Waals surface area contributed by atoms with Crippen molar-refractivity contribution in [1.82, 2.24) is 15.1 Å². The molecule has 1 atom stereocenters. The van der Waals surface area contributed by atoms with Crippen LogP contribution < -0.4 is 10.9 Å². The fourth-order valence-corrected chi connectivity index (χ4v) is 3.47. The molecule has 1 N–H and O–H groups in total. The number of carbonyl (C=O) groups excluding carboxylic acids is 1. The van der Waals surface area contributed by atoms with Gasteiger partial charge in [0.05, 0.1) is 6.04 Å². The fraction of sp³-hybridized carbons (Fsp3) is 0.267. The van der Waals surface area contributed by atoms with Gasteiger partial charge in [0.25, 0.3) is 11.5 Å². The van der Waals surface area contributed by atoms with Crippen LogP contribution in [0.3, 0.4) is 0 Å². The second-order valence-corrected chi connectivity index (χ2v) is 6.02. The maximum atomic E-state index is 12.3. The zero-order valence-electron chi connectivity index (χ0n) is 11.6. The number of fused-ring (bicyclic) bond motifs is 1. The average Bonchev–Trinajstić information content (AvgIpc) is 2.50. The Labute approximate surface area is 126 Å². The summed E-state index contributed by atoms with van der Waals surface area (Å²) in [6.07, 6.45) is 0.888. The lowest BCUT2D eigenvalue weighted by Gasteiger charge is -2.25. The lowest BCUT2D eigenvalue weighted by atomic mass is 10.0. The van der Waals surface area contributed by atoms with Crippen LogP contribution in [0.4, 0.5) is 0 Å². The van der Waals surface area contributed by atoms with E-state index >= 15 is 0 Å². The first-order valence-corrected chi connectivity index (χ1v) is 7.70. The monoisotopic (exact) mass is 301 g/mol. The Kier molecular flexibility index (Phi) is 3.79. The number of hydrogen-bond donors (Lipinski definition) is 1. The van der Waals surface area contributed by atoms with Gasteiger partial charge in [0.2, 0.25) is 0 Å². The van der Waals surface area contributed by atoms with Crippen LogP contribution >= 0.6 is 11.8 Å². The zero-order valence-corrected chi connectivity index (χ0v) is 12.4. The molecule has 3 rings (SSSR count). The number of nitrogens with zero attached hydrogens (tertiary/aromatic N) is 2. The Morgan fingerprint density at radius 2 is 2.14 bits per heavy atom. The van der Waals surface area contributed by atoms with Gasteiger partial charge < -0.3 is 5.32 Å². The summed E-state index contributed by atoms with van der Waals surface area (Å²) in [5, 5.41) is 6.99. The van der Waals surface area contributed by atoms with Gasteiger partial charge in [-0.25, -0.2) is 4.68 Å². The number of hydrogen-bond acceptors (Lipinski definition) is 4. The van der Waals surface area contributed by atoms with Crippen molar-refractivity contribution in [1.29, 1.82) is 0 Å². The van der Waals surface area contributed by atoms with Crippen molar-refractivity contribution >= 4 is 17.7 Å². The number of rotatable bonds is 2. The molecule has 1 amide bonds. The highest BCUT2D eigenvalue weighted by molar-refractivity contribution is 7.99. The number of amides is 1. The summed E-state index contributed by atoms with van der Waals surface area (Å²) >= 11 is 1.81. The lowest BCUT2D eigenvalue weighted by molar-refractivity contribution is 0.0927. The number of nitrogens with one attached hydrogen (secondary N) is 1. The van der Waals surface area contributed by atoms with E-state index < -0.39 is 0 Å². The van der Waals surface area contributed by atoms with E-state index in [0.29, 0.717) is 0 Å². The minimum atomic E-state index is -0.252. The fourth-order valence-electron chi connectivity index (χ4n) is 2.35. The molecule has 0 fully saturated rings. The maximum absolute atomic E-state index is 12.3. The van der Waals surface area contributed by atoms with Crippen LogP contribution in [0, 0.1) is 0 Å². The Morgan fingerprint density at radius 3 is 2.95 bits per heavy atom. The largest absolute Gasteiger partial charge is 0.344 e. The molecule has 0 saturated carbocycles. The van der Waals surface area contributed by atoms with E-state index in [2.05, 4.69) is 16.5 Å². The van der Waals surface area contributed by atoms with Crippen molar-refractivity contribution in [2.24, 2.45) is 7.05 Å². The van der Waals surface area contributed by atoms with E-state index in [1.165, 1.54) is 28.8 Å². The highest BCUT2D eigenvalue weighted by Crippen LogP contribution is 2.35. The SMILES string of the molecule is Cn1nc(C(=O)N[C@H]2CCSc3ccccc32)ccc1=O. The molecule has 0 unspecified atom stereocenters. The highest BCUT2D eigenvalue weighted by Gasteiger charge is 2.22. The molecule has 1 aromatic carbocycles. The third-order valence-corrected chi connectivity index (χ3v) is 4.58. The standard InChI is InChI=1S/C15H15N3O2S/c1-18-14(19)7-6-12(17-18)15(20)16-11-8-9-21-13-5-3-2-4-10(11)13/h2-7,11H,8-9H2,1H3,(H,16,20)/t11-/m0/s1. The number of aromatic nitrogens is 2. The lowest BCUT2D eigenvalue weighted by Crippen LogP contribution is -2.33. The van der Waals surface area contributed by atoms with Gasteiger partial charge in [0.1, 0.15) is 5.69 Å². The van der Waals surface area contributed by atoms with E-state index in [-0.39, 0.29) is 23.2 Å². The van der Waals surface area contributed by atoms with Crippen molar-refractivity contribution in [3.8, 4) is 0 Å². The Bertz CT molecular complexity index is 742. The first-order valence-electron chi connectivity index (χ1n) is 6.72. The first-order chi connectivity index (χ1) is 10.1. The molecule has 5 nitrogen and oxygen atoms in total. The van der Waals surface area contributed by atoms with E-state index in [1.807, 2.05) is 30.0 Å². The molecule has 0 saturated heterocycles. The van der Waals surface area contributed by atoms with Gasteiger partial charge >= 0.3 is 0 Å². The van der Waals surface area contributed by atoms with Gasteiger partial charge in [-0.3, -0.25) is 9.59 Å². The number of carbonyl (C=O) groups is 1. The van der Waals surface area contributed by atoms with Crippen molar-refractivity contribution in [2.75, 3.05) is 5.75 Å². The Morgan fingerprint density at radius 1 is 1.33 bits per heavy atom. The van der Waals surface area contributed by atoms with Crippen LogP contribution in [0.5, 0.6) is 0 Å². The highest BCUT2D eigenvalue weighted by atomic mass is 32.2. The first kappa shape index (κ1) is 13.9. The molecule has 2 aromatic rings. The van der Waals surface area contributed by atoms with Crippen LogP contribution in [0.15, 0.2) is 46.1 Å². The van der Waals surface area contributed by atoms with Gasteiger partial charge in [0, 0.05) is 23.8 Å². The van der Waals surface area contributed by atoms with Crippen molar-refractivity contribution in [3.63, 3.8) is 0 Å². The maximum Gasteiger partial charge on any atom is 0.272 e. The van der Waals surface area contributed by atoms with E-state index in [0.717, 1.165) is 17.7 Å². The molecule has 6 heteroatoms. The molecule has 1 aliphatic heterocycles. The Balaban J connectivity index is 1.82. The molecule has 108 valence electrons. The summed E-state index contributed by atoms with van der Waals surface area (Å²) in [7, 11) is 1.53. The van der Waals surface area contributed by atoms with E-state index in [4.69, 9.17) is 0 Å². The molecule has 1 aromatic heterocycles. The predicted octanol–water partition coefficient (Wildman–Crippen LogP) is 1.75. The van der Waals surface area contributed by atoms with Crippen LogP contribution in [0.25, 0.3) is 0 Å². The van der Waals surface area contributed by atoms with Crippen LogP contribution in [0.1, 0.15) is 28.5 Å². The Hall–Kier alpha value is -2.08. The van der Waals surface area contributed by atoms with E-state index in [1.54, 1.807) is 0 Å². The van der Waals surface area contributed by atoms with Gasteiger partial charge in [0.15, 0.2) is 0 Å². The van der Waals surface area contributed by atoms with Crippen molar-refractivity contribution in [2.45, 2.75) is 17.4 Å². The number of benzene rings is 1. The summed E-state index contributed by atoms with van der Waals surface area (Å²) in [5.41, 5.74) is 1.17. The normalized spacial score (nSPS) is 17.1. The van der Waals surface area contributed by atoms with Gasteiger partial charge in [-0.05, 0) is 24.1 Å². The molecule has 0 spiro atoms. The summed E-state index contributed by atoms with van der Waals surface area (Å²) in [6, 6.07) is 10.9. The zero-order chi connectivity index (χ0) is 14.8. The minimum Gasteiger partial charge on any atom is -0.344 e. The molecule has 0 radical (unpaired) electrons.